The second-order valence-corrected chi connectivity index (χ2v) is 11.6. The Labute approximate surface area is 240 Å². The molecule has 14 heteroatoms. The van der Waals surface area contributed by atoms with Crippen LogP contribution in [0.25, 0.3) is 32.1 Å². The maximum atomic E-state index is 16.7. The highest BCUT2D eigenvalue weighted by atomic mass is 32.1. The third-order valence-corrected chi connectivity index (χ3v) is 8.65. The van der Waals surface area contributed by atoms with Crippen molar-refractivity contribution in [2.75, 3.05) is 37.4 Å². The van der Waals surface area contributed by atoms with Crippen molar-refractivity contribution in [3.63, 3.8) is 0 Å². The summed E-state index contributed by atoms with van der Waals surface area (Å²) in [6.45, 7) is 2.77. The van der Waals surface area contributed by atoms with Crippen LogP contribution in [0.15, 0.2) is 18.2 Å². The Morgan fingerprint density at radius 2 is 1.93 bits per heavy atom. The SMILES string of the molecule is COCC(C)Oc1nc(N2CC3CCC(C2)N3)c2cc(C(F)(F)F)c(-c3ccc(F)c4sc(N)c(C#N)c34)c(F)c2n1. The molecule has 0 saturated carbocycles. The van der Waals surface area contributed by atoms with Crippen LogP contribution in [0, 0.1) is 23.0 Å². The molecule has 3 atom stereocenters. The Hall–Kier alpha value is -3.80. The molecular weight excluding hydrogens is 579 g/mol. The van der Waals surface area contributed by atoms with Gasteiger partial charge in [-0.3, -0.25) is 0 Å². The summed E-state index contributed by atoms with van der Waals surface area (Å²) in [5.74, 6) is -1.97. The summed E-state index contributed by atoms with van der Waals surface area (Å²) in [6, 6.07) is 4.60. The first kappa shape index (κ1) is 28.3. The van der Waals surface area contributed by atoms with E-state index in [-0.39, 0.29) is 62.1 Å². The topological polar surface area (TPSA) is 109 Å². The smallest absolute Gasteiger partial charge is 0.417 e. The van der Waals surface area contributed by atoms with Crippen molar-refractivity contribution in [1.29, 1.82) is 5.26 Å². The number of methoxy groups -OCH3 is 1. The first-order chi connectivity index (χ1) is 20.0. The summed E-state index contributed by atoms with van der Waals surface area (Å²) in [6.07, 6.45) is -3.77. The number of hydrogen-bond acceptors (Lipinski definition) is 9. The van der Waals surface area contributed by atoms with Crippen LogP contribution in [-0.4, -0.2) is 55.0 Å². The lowest BCUT2D eigenvalue weighted by atomic mass is 9.92. The number of rotatable bonds is 6. The van der Waals surface area contributed by atoms with Crippen molar-refractivity contribution < 1.29 is 31.4 Å². The van der Waals surface area contributed by atoms with Crippen molar-refractivity contribution in [1.82, 2.24) is 15.3 Å². The van der Waals surface area contributed by atoms with E-state index in [4.69, 9.17) is 15.2 Å². The number of nitriles is 1. The number of halogens is 5. The molecule has 4 aromatic rings. The largest absolute Gasteiger partial charge is 0.458 e. The van der Waals surface area contributed by atoms with Crippen molar-refractivity contribution in [3.05, 3.63) is 41.0 Å². The molecule has 8 nitrogen and oxygen atoms in total. The van der Waals surface area contributed by atoms with Gasteiger partial charge in [0.25, 0.3) is 0 Å². The molecule has 2 aromatic heterocycles. The summed E-state index contributed by atoms with van der Waals surface area (Å²) in [5.41, 5.74) is 2.79. The molecule has 6 rings (SSSR count). The lowest BCUT2D eigenvalue weighted by Crippen LogP contribution is -2.51. The predicted octanol–water partition coefficient (Wildman–Crippen LogP) is 5.62. The van der Waals surface area contributed by atoms with Crippen molar-refractivity contribution >= 4 is 43.1 Å². The molecule has 2 bridgehead atoms. The van der Waals surface area contributed by atoms with Gasteiger partial charge in [-0.2, -0.15) is 28.4 Å². The number of aromatic nitrogens is 2. The van der Waals surface area contributed by atoms with E-state index < -0.39 is 40.6 Å². The van der Waals surface area contributed by atoms with Crippen LogP contribution in [0.2, 0.25) is 0 Å². The van der Waals surface area contributed by atoms with Crippen LogP contribution in [0.5, 0.6) is 6.01 Å². The van der Waals surface area contributed by atoms with Crippen molar-refractivity contribution in [2.45, 2.75) is 44.1 Å². The quantitative estimate of drug-likeness (QED) is 0.273. The van der Waals surface area contributed by atoms with Gasteiger partial charge in [0, 0.05) is 48.6 Å². The average molecular weight is 605 g/mol. The Balaban J connectivity index is 1.66. The third kappa shape index (κ3) is 4.75. The molecule has 0 aliphatic carbocycles. The van der Waals surface area contributed by atoms with Crippen molar-refractivity contribution in [2.24, 2.45) is 0 Å². The predicted molar refractivity (Wildman–Crippen MR) is 149 cm³/mol. The van der Waals surface area contributed by atoms with E-state index in [0.29, 0.717) is 24.4 Å². The number of nitrogens with one attached hydrogen (secondary N) is 1. The minimum Gasteiger partial charge on any atom is -0.458 e. The van der Waals surface area contributed by atoms with E-state index in [1.807, 2.05) is 11.0 Å². The molecule has 2 saturated heterocycles. The number of ether oxygens (including phenoxy) is 2. The van der Waals surface area contributed by atoms with E-state index in [9.17, 15) is 22.8 Å². The number of fused-ring (bicyclic) bond motifs is 4. The van der Waals surface area contributed by atoms with E-state index in [1.54, 1.807) is 6.92 Å². The fourth-order valence-corrected chi connectivity index (χ4v) is 6.85. The van der Waals surface area contributed by atoms with Crippen LogP contribution in [0.3, 0.4) is 0 Å². The molecular formula is C28H25F5N6O2S. The number of piperazine rings is 1. The van der Waals surface area contributed by atoms with Gasteiger partial charge in [-0.1, -0.05) is 6.07 Å². The molecule has 3 unspecified atom stereocenters. The van der Waals surface area contributed by atoms with E-state index in [1.165, 1.54) is 7.11 Å². The van der Waals surface area contributed by atoms with Crippen LogP contribution in [0.1, 0.15) is 30.9 Å². The molecule has 2 aliphatic heterocycles. The molecule has 4 heterocycles. The van der Waals surface area contributed by atoms with Gasteiger partial charge >= 0.3 is 12.2 Å². The molecule has 0 radical (unpaired) electrons. The Morgan fingerprint density at radius 3 is 2.57 bits per heavy atom. The number of alkyl halides is 3. The zero-order chi connectivity index (χ0) is 29.9. The van der Waals surface area contributed by atoms with Gasteiger partial charge in [-0.05, 0) is 37.5 Å². The second kappa shape index (κ2) is 10.5. The maximum Gasteiger partial charge on any atom is 0.417 e. The van der Waals surface area contributed by atoms with Gasteiger partial charge in [-0.25, -0.2) is 8.78 Å². The zero-order valence-corrected chi connectivity index (χ0v) is 23.3. The monoisotopic (exact) mass is 604 g/mol. The average Bonchev–Trinajstić information content (AvgIpc) is 3.46. The Morgan fingerprint density at radius 1 is 1.21 bits per heavy atom. The number of benzene rings is 2. The normalized spacial score (nSPS) is 19.4. The molecule has 3 N–H and O–H groups in total. The molecule has 0 spiro atoms. The van der Waals surface area contributed by atoms with Crippen LogP contribution >= 0.6 is 11.3 Å². The van der Waals surface area contributed by atoms with E-state index >= 15 is 4.39 Å². The van der Waals surface area contributed by atoms with Gasteiger partial charge in [-0.15, -0.1) is 11.3 Å². The van der Waals surface area contributed by atoms with Gasteiger partial charge in [0.1, 0.15) is 34.3 Å². The highest BCUT2D eigenvalue weighted by Crippen LogP contribution is 2.48. The fourth-order valence-electron chi connectivity index (χ4n) is 5.90. The highest BCUT2D eigenvalue weighted by molar-refractivity contribution is 7.23. The first-order valence-electron chi connectivity index (χ1n) is 13.2. The third-order valence-electron chi connectivity index (χ3n) is 7.62. The molecule has 2 aromatic carbocycles. The van der Waals surface area contributed by atoms with Gasteiger partial charge in [0.2, 0.25) is 0 Å². The summed E-state index contributed by atoms with van der Waals surface area (Å²) in [4.78, 5) is 10.5. The highest BCUT2D eigenvalue weighted by Gasteiger charge is 2.40. The lowest BCUT2D eigenvalue weighted by Gasteiger charge is -2.34. The van der Waals surface area contributed by atoms with Crippen LogP contribution in [0.4, 0.5) is 32.8 Å². The minimum atomic E-state index is -5.03. The zero-order valence-electron chi connectivity index (χ0n) is 22.5. The van der Waals surface area contributed by atoms with Gasteiger partial charge in [0.05, 0.1) is 22.4 Å². The first-order valence-corrected chi connectivity index (χ1v) is 14.0. The number of nitrogens with zero attached hydrogens (tertiary/aromatic N) is 4. The standard InChI is InChI=1S/C28H25F5N6O2S/c1-12(11-40-2)41-27-37-23-16(26(38-27)39-9-13-3-4-14(10-39)36-13)7-18(28(31,32)33)21(22(23)30)15-5-6-19(29)24-20(15)17(8-34)25(35)42-24/h5-7,12-14,36H,3-4,9-11,35H2,1-2H3. The number of anilines is 2. The Bertz CT molecular complexity index is 1740. The number of thiophene rings is 1. The summed E-state index contributed by atoms with van der Waals surface area (Å²) in [7, 11) is 1.48. The summed E-state index contributed by atoms with van der Waals surface area (Å²) < 4.78 is 86.4. The van der Waals surface area contributed by atoms with Crippen LogP contribution in [-0.2, 0) is 10.9 Å². The number of nitrogens with two attached hydrogens (primary N) is 1. The second-order valence-electron chi connectivity index (χ2n) is 10.5. The van der Waals surface area contributed by atoms with Crippen LogP contribution < -0.4 is 20.7 Å². The van der Waals surface area contributed by atoms with E-state index in [0.717, 1.165) is 31.0 Å². The van der Waals surface area contributed by atoms with Crippen molar-refractivity contribution in [3.8, 4) is 23.2 Å². The molecule has 42 heavy (non-hydrogen) atoms. The van der Waals surface area contributed by atoms with Gasteiger partial charge in [0.15, 0.2) is 5.82 Å². The van der Waals surface area contributed by atoms with E-state index in [2.05, 4.69) is 15.3 Å². The molecule has 0 amide bonds. The number of hydrogen-bond donors (Lipinski definition) is 2. The fraction of sp³-hybridized carbons (Fsp3) is 0.393. The number of nitrogen functional groups attached to an aromatic ring is 1. The molecule has 220 valence electrons. The Kier molecular flexibility index (Phi) is 7.07. The summed E-state index contributed by atoms with van der Waals surface area (Å²) >= 11 is 0.710. The maximum absolute atomic E-state index is 16.7. The molecule has 2 fully saturated rings. The molecule has 2 aliphatic rings. The lowest BCUT2D eigenvalue weighted by molar-refractivity contribution is -0.137. The minimum absolute atomic E-state index is 0.0885. The summed E-state index contributed by atoms with van der Waals surface area (Å²) in [5, 5.41) is 12.8. The van der Waals surface area contributed by atoms with Gasteiger partial charge < -0.3 is 25.4 Å².